The van der Waals surface area contributed by atoms with Gasteiger partial charge in [-0.25, -0.2) is 0 Å². The third-order valence-electron chi connectivity index (χ3n) is 6.25. The first-order valence-electron chi connectivity index (χ1n) is 9.51. The Kier molecular flexibility index (Phi) is 4.67. The van der Waals surface area contributed by atoms with Gasteiger partial charge in [0.25, 0.3) is 0 Å². The number of nitrogens with zero attached hydrogens (tertiary/aromatic N) is 2. The van der Waals surface area contributed by atoms with Crippen LogP contribution in [0.15, 0.2) is 24.3 Å². The predicted octanol–water partition coefficient (Wildman–Crippen LogP) is 3.07. The minimum Gasteiger partial charge on any atom is -0.368 e. The second kappa shape index (κ2) is 6.94. The highest BCUT2D eigenvalue weighted by Gasteiger charge is 2.40. The molecule has 3 fully saturated rings. The number of benzene rings is 1. The summed E-state index contributed by atoms with van der Waals surface area (Å²) in [7, 11) is 0. The van der Waals surface area contributed by atoms with Crippen molar-refractivity contribution >= 4 is 28.8 Å². The first kappa shape index (κ1) is 16.8. The Morgan fingerprint density at radius 3 is 2.36 bits per heavy atom. The standard InChI is InChI=1S/C20H27N3OS/c1-14(24)16-4-6-18(7-5-16)22-8-10-23(11-9-22)20(25)21-19-13-15-2-3-17(19)12-15/h4-7,15,17,19H,2-3,8-13H2,1H3,(H,21,25)/t15-,17-,19+/m0/s1. The molecule has 1 N–H and O–H groups in total. The third kappa shape index (κ3) is 3.52. The molecule has 1 aromatic carbocycles. The number of thiocarbonyl (C=S) groups is 1. The molecule has 134 valence electrons. The lowest BCUT2D eigenvalue weighted by molar-refractivity contribution is 0.101. The van der Waals surface area contributed by atoms with Gasteiger partial charge in [-0.1, -0.05) is 6.42 Å². The van der Waals surface area contributed by atoms with Gasteiger partial charge in [-0.3, -0.25) is 4.79 Å². The smallest absolute Gasteiger partial charge is 0.169 e. The number of hydrogen-bond acceptors (Lipinski definition) is 3. The van der Waals surface area contributed by atoms with Gasteiger partial charge in [-0.15, -0.1) is 0 Å². The van der Waals surface area contributed by atoms with E-state index in [1.54, 1.807) is 6.92 Å². The Morgan fingerprint density at radius 1 is 1.08 bits per heavy atom. The van der Waals surface area contributed by atoms with Crippen molar-refractivity contribution in [2.45, 2.75) is 38.6 Å². The number of ketones is 1. The van der Waals surface area contributed by atoms with Crippen LogP contribution in [0.3, 0.4) is 0 Å². The zero-order valence-corrected chi connectivity index (χ0v) is 15.7. The average molecular weight is 358 g/mol. The zero-order chi connectivity index (χ0) is 17.4. The molecule has 3 atom stereocenters. The molecule has 4 nitrogen and oxygen atoms in total. The molecule has 0 aromatic heterocycles. The van der Waals surface area contributed by atoms with Crippen LogP contribution in [-0.4, -0.2) is 48.0 Å². The summed E-state index contributed by atoms with van der Waals surface area (Å²) in [6.07, 6.45) is 5.53. The van der Waals surface area contributed by atoms with Crippen molar-refractivity contribution in [1.82, 2.24) is 10.2 Å². The van der Waals surface area contributed by atoms with E-state index in [4.69, 9.17) is 12.2 Å². The van der Waals surface area contributed by atoms with E-state index in [-0.39, 0.29) is 5.78 Å². The quantitative estimate of drug-likeness (QED) is 0.664. The molecule has 0 radical (unpaired) electrons. The molecular weight excluding hydrogens is 330 g/mol. The Bertz CT molecular complexity index is 651. The number of fused-ring (bicyclic) bond motifs is 2. The van der Waals surface area contributed by atoms with E-state index in [9.17, 15) is 4.79 Å². The minimum atomic E-state index is 0.119. The number of piperazine rings is 1. The molecule has 2 saturated carbocycles. The molecule has 3 aliphatic rings. The first-order valence-corrected chi connectivity index (χ1v) is 9.92. The third-order valence-corrected chi connectivity index (χ3v) is 6.63. The molecular formula is C20H27N3OS. The maximum Gasteiger partial charge on any atom is 0.169 e. The van der Waals surface area contributed by atoms with Crippen LogP contribution in [0.2, 0.25) is 0 Å². The van der Waals surface area contributed by atoms with E-state index in [1.165, 1.54) is 31.4 Å². The monoisotopic (exact) mass is 357 g/mol. The summed E-state index contributed by atoms with van der Waals surface area (Å²) < 4.78 is 0. The maximum absolute atomic E-state index is 11.4. The van der Waals surface area contributed by atoms with Crippen LogP contribution in [-0.2, 0) is 0 Å². The van der Waals surface area contributed by atoms with E-state index >= 15 is 0 Å². The van der Waals surface area contributed by atoms with E-state index in [1.807, 2.05) is 12.1 Å². The summed E-state index contributed by atoms with van der Waals surface area (Å²) in [6, 6.07) is 8.57. The summed E-state index contributed by atoms with van der Waals surface area (Å²) in [5, 5.41) is 4.60. The summed E-state index contributed by atoms with van der Waals surface area (Å²) in [6.45, 7) is 5.47. The van der Waals surface area contributed by atoms with E-state index in [0.29, 0.717) is 6.04 Å². The van der Waals surface area contributed by atoms with Gasteiger partial charge in [-0.05, 0) is 74.5 Å². The van der Waals surface area contributed by atoms with E-state index < -0.39 is 0 Å². The molecule has 1 aliphatic heterocycles. The molecule has 1 aromatic rings. The fourth-order valence-electron chi connectivity index (χ4n) is 4.75. The predicted molar refractivity (Wildman–Crippen MR) is 105 cm³/mol. The highest BCUT2D eigenvalue weighted by Crippen LogP contribution is 2.44. The number of rotatable bonds is 3. The second-order valence-corrected chi connectivity index (χ2v) is 8.19. The lowest BCUT2D eigenvalue weighted by Gasteiger charge is -2.38. The number of Topliss-reactive ketones (excluding diaryl/α,β-unsaturated/α-hetero) is 1. The molecule has 5 heteroatoms. The lowest BCUT2D eigenvalue weighted by Crippen LogP contribution is -2.54. The number of carbonyl (C=O) groups is 1. The van der Waals surface area contributed by atoms with Gasteiger partial charge in [-0.2, -0.15) is 0 Å². The molecule has 25 heavy (non-hydrogen) atoms. The van der Waals surface area contributed by atoms with Crippen molar-refractivity contribution in [1.29, 1.82) is 0 Å². The van der Waals surface area contributed by atoms with Gasteiger partial charge < -0.3 is 15.1 Å². The first-order chi connectivity index (χ1) is 12.1. The van der Waals surface area contributed by atoms with Gasteiger partial charge in [0.2, 0.25) is 0 Å². The Labute approximate surface area is 155 Å². The summed E-state index contributed by atoms with van der Waals surface area (Å²) in [5.41, 5.74) is 1.97. The number of nitrogens with one attached hydrogen (secondary N) is 1. The van der Waals surface area contributed by atoms with Crippen LogP contribution < -0.4 is 10.2 Å². The molecule has 2 aliphatic carbocycles. The number of hydrogen-bond donors (Lipinski definition) is 1. The topological polar surface area (TPSA) is 35.6 Å². The van der Waals surface area contributed by atoms with Crippen LogP contribution in [0.5, 0.6) is 0 Å². The fourth-order valence-corrected chi connectivity index (χ4v) is 5.08. The Balaban J connectivity index is 1.29. The van der Waals surface area contributed by atoms with Crippen molar-refractivity contribution in [3.05, 3.63) is 29.8 Å². The molecule has 0 unspecified atom stereocenters. The SMILES string of the molecule is CC(=O)c1ccc(N2CCN(C(=S)N[C@@H]3C[C@H]4CC[C@H]3C4)CC2)cc1. The molecule has 2 bridgehead atoms. The van der Waals surface area contributed by atoms with E-state index in [2.05, 4.69) is 27.2 Å². The van der Waals surface area contributed by atoms with Gasteiger partial charge >= 0.3 is 0 Å². The number of anilines is 1. The van der Waals surface area contributed by atoms with Gasteiger partial charge in [0.15, 0.2) is 10.9 Å². The van der Waals surface area contributed by atoms with Gasteiger partial charge in [0, 0.05) is 43.5 Å². The van der Waals surface area contributed by atoms with Crippen molar-refractivity contribution in [2.75, 3.05) is 31.1 Å². The van der Waals surface area contributed by atoms with Crippen LogP contribution in [0.25, 0.3) is 0 Å². The molecule has 0 spiro atoms. The highest BCUT2D eigenvalue weighted by atomic mass is 32.1. The summed E-state index contributed by atoms with van der Waals surface area (Å²) in [5.74, 6) is 1.91. The number of carbonyl (C=O) groups excluding carboxylic acids is 1. The average Bonchev–Trinajstić information content (AvgIpc) is 3.25. The van der Waals surface area contributed by atoms with E-state index in [0.717, 1.165) is 48.7 Å². The van der Waals surface area contributed by atoms with Gasteiger partial charge in [0.1, 0.15) is 0 Å². The van der Waals surface area contributed by atoms with Crippen molar-refractivity contribution in [3.63, 3.8) is 0 Å². The normalized spacial score (nSPS) is 28.3. The molecule has 0 amide bonds. The maximum atomic E-state index is 11.4. The Morgan fingerprint density at radius 2 is 1.80 bits per heavy atom. The summed E-state index contributed by atoms with van der Waals surface area (Å²) in [4.78, 5) is 16.1. The summed E-state index contributed by atoms with van der Waals surface area (Å²) >= 11 is 5.69. The van der Waals surface area contributed by atoms with Crippen molar-refractivity contribution in [2.24, 2.45) is 11.8 Å². The zero-order valence-electron chi connectivity index (χ0n) is 14.9. The van der Waals surface area contributed by atoms with Crippen molar-refractivity contribution < 1.29 is 4.79 Å². The fraction of sp³-hybridized carbons (Fsp3) is 0.600. The van der Waals surface area contributed by atoms with Crippen LogP contribution in [0, 0.1) is 11.8 Å². The minimum absolute atomic E-state index is 0.119. The van der Waals surface area contributed by atoms with Crippen LogP contribution in [0.1, 0.15) is 43.0 Å². The molecule has 1 saturated heterocycles. The van der Waals surface area contributed by atoms with Crippen LogP contribution in [0.4, 0.5) is 5.69 Å². The molecule has 4 rings (SSSR count). The molecule has 1 heterocycles. The van der Waals surface area contributed by atoms with Crippen molar-refractivity contribution in [3.8, 4) is 0 Å². The largest absolute Gasteiger partial charge is 0.368 e. The Hall–Kier alpha value is -1.62. The van der Waals surface area contributed by atoms with Gasteiger partial charge in [0.05, 0.1) is 0 Å². The highest BCUT2D eigenvalue weighted by molar-refractivity contribution is 7.80. The lowest BCUT2D eigenvalue weighted by atomic mass is 9.95. The van der Waals surface area contributed by atoms with Crippen LogP contribution >= 0.6 is 12.2 Å². The second-order valence-electron chi connectivity index (χ2n) is 7.81.